The second-order valence-corrected chi connectivity index (χ2v) is 3.55. The van der Waals surface area contributed by atoms with Gasteiger partial charge in [0.25, 0.3) is 0 Å². The zero-order valence-corrected chi connectivity index (χ0v) is 9.99. The normalized spacial score (nSPS) is 13.4. The summed E-state index contributed by atoms with van der Waals surface area (Å²) in [6.07, 6.45) is -3.31. The smallest absolute Gasteiger partial charge is 0.435 e. The maximum Gasteiger partial charge on any atom is 0.435 e. The monoisotopic (exact) mass is 265 g/mol. The van der Waals surface area contributed by atoms with Crippen molar-refractivity contribution >= 4 is 5.97 Å². The third-order valence-electron chi connectivity index (χ3n) is 2.24. The Kier molecular flexibility index (Phi) is 4.71. The van der Waals surface area contributed by atoms with Crippen LogP contribution in [0.5, 0.6) is 0 Å². The molecule has 5 nitrogen and oxygen atoms in total. The van der Waals surface area contributed by atoms with Crippen LogP contribution >= 0.6 is 0 Å². The Morgan fingerprint density at radius 3 is 2.72 bits per heavy atom. The van der Waals surface area contributed by atoms with Gasteiger partial charge < -0.3 is 10.1 Å². The number of methoxy groups -OCH3 is 1. The lowest BCUT2D eigenvalue weighted by molar-refractivity contribution is -0.143. The highest BCUT2D eigenvalue weighted by Crippen LogP contribution is 2.27. The standard InChI is InChI=1S/C10H14F3N3O2/c1-3-14-7(9(17)18-2)6-16-5-4-8(15-16)10(11,12)13/h4-5,7,14H,3,6H2,1-2H3. The van der Waals surface area contributed by atoms with Crippen LogP contribution in [0.4, 0.5) is 13.2 Å². The molecule has 0 aromatic carbocycles. The van der Waals surface area contributed by atoms with Crippen molar-refractivity contribution in [1.29, 1.82) is 0 Å². The summed E-state index contributed by atoms with van der Waals surface area (Å²) >= 11 is 0. The van der Waals surface area contributed by atoms with Crippen molar-refractivity contribution in [3.8, 4) is 0 Å². The summed E-state index contributed by atoms with van der Waals surface area (Å²) < 4.78 is 42.6. The molecule has 0 bridgehead atoms. The van der Waals surface area contributed by atoms with E-state index in [0.717, 1.165) is 10.7 Å². The van der Waals surface area contributed by atoms with Gasteiger partial charge in [0, 0.05) is 6.20 Å². The van der Waals surface area contributed by atoms with Crippen molar-refractivity contribution in [2.24, 2.45) is 0 Å². The minimum Gasteiger partial charge on any atom is -0.468 e. The van der Waals surface area contributed by atoms with Crippen LogP contribution in [-0.2, 0) is 22.3 Å². The summed E-state index contributed by atoms with van der Waals surface area (Å²) in [5.41, 5.74) is -0.984. The van der Waals surface area contributed by atoms with Crippen LogP contribution in [0.3, 0.4) is 0 Å². The van der Waals surface area contributed by atoms with E-state index in [4.69, 9.17) is 0 Å². The number of likely N-dealkylation sites (N-methyl/N-ethyl adjacent to an activating group) is 1. The van der Waals surface area contributed by atoms with E-state index in [9.17, 15) is 18.0 Å². The van der Waals surface area contributed by atoms with Gasteiger partial charge in [0.2, 0.25) is 0 Å². The number of alkyl halides is 3. The number of hydrogen-bond acceptors (Lipinski definition) is 4. The van der Waals surface area contributed by atoms with E-state index in [1.807, 2.05) is 0 Å². The number of carbonyl (C=O) groups is 1. The molecular weight excluding hydrogens is 251 g/mol. The number of ether oxygens (including phenoxy) is 1. The molecular formula is C10H14F3N3O2. The molecule has 0 aliphatic rings. The first-order valence-corrected chi connectivity index (χ1v) is 5.30. The van der Waals surface area contributed by atoms with E-state index in [0.29, 0.717) is 6.54 Å². The van der Waals surface area contributed by atoms with E-state index >= 15 is 0 Å². The van der Waals surface area contributed by atoms with Gasteiger partial charge in [-0.05, 0) is 12.6 Å². The van der Waals surface area contributed by atoms with Gasteiger partial charge in [0.15, 0.2) is 5.69 Å². The van der Waals surface area contributed by atoms with Gasteiger partial charge in [0.05, 0.1) is 13.7 Å². The average molecular weight is 265 g/mol. The molecule has 1 aromatic heterocycles. The first-order valence-electron chi connectivity index (χ1n) is 5.30. The quantitative estimate of drug-likeness (QED) is 0.809. The zero-order valence-electron chi connectivity index (χ0n) is 9.99. The summed E-state index contributed by atoms with van der Waals surface area (Å²) in [6.45, 7) is 2.25. The first kappa shape index (κ1) is 14.5. The minimum atomic E-state index is -4.48. The van der Waals surface area contributed by atoms with Crippen LogP contribution < -0.4 is 5.32 Å². The number of hydrogen-bond donors (Lipinski definition) is 1. The Morgan fingerprint density at radius 1 is 1.61 bits per heavy atom. The van der Waals surface area contributed by atoms with Gasteiger partial charge in [0.1, 0.15) is 6.04 Å². The third-order valence-corrected chi connectivity index (χ3v) is 2.24. The molecule has 0 amide bonds. The maximum absolute atomic E-state index is 12.3. The summed E-state index contributed by atoms with van der Waals surface area (Å²) in [4.78, 5) is 11.4. The molecule has 102 valence electrons. The van der Waals surface area contributed by atoms with Gasteiger partial charge in [-0.15, -0.1) is 0 Å². The molecule has 8 heteroatoms. The molecule has 0 saturated carbocycles. The van der Waals surface area contributed by atoms with Crippen molar-refractivity contribution in [3.05, 3.63) is 18.0 Å². The summed E-state index contributed by atoms with van der Waals surface area (Å²) in [6, 6.07) is 0.140. The molecule has 1 unspecified atom stereocenters. The highest BCUT2D eigenvalue weighted by Gasteiger charge is 2.33. The number of nitrogens with one attached hydrogen (secondary N) is 1. The van der Waals surface area contributed by atoms with Crippen LogP contribution in [0.1, 0.15) is 12.6 Å². The molecule has 0 aliphatic carbocycles. The predicted octanol–water partition coefficient (Wildman–Crippen LogP) is 1.05. The molecule has 0 saturated heterocycles. The lowest BCUT2D eigenvalue weighted by Crippen LogP contribution is -2.41. The Bertz CT molecular complexity index is 403. The van der Waals surface area contributed by atoms with Crippen LogP contribution in [0, 0.1) is 0 Å². The zero-order chi connectivity index (χ0) is 13.8. The van der Waals surface area contributed by atoms with Gasteiger partial charge in [-0.2, -0.15) is 18.3 Å². The van der Waals surface area contributed by atoms with Gasteiger partial charge in [-0.1, -0.05) is 6.92 Å². The van der Waals surface area contributed by atoms with E-state index in [2.05, 4.69) is 15.2 Å². The number of carbonyl (C=O) groups excluding carboxylic acids is 1. The Morgan fingerprint density at radius 2 is 2.28 bits per heavy atom. The SMILES string of the molecule is CCNC(Cn1ccc(C(F)(F)F)n1)C(=O)OC. The summed E-state index contributed by atoms with van der Waals surface area (Å²) in [7, 11) is 1.22. The van der Waals surface area contributed by atoms with Crippen molar-refractivity contribution in [2.75, 3.05) is 13.7 Å². The predicted molar refractivity (Wildman–Crippen MR) is 56.7 cm³/mol. The molecule has 1 aromatic rings. The third kappa shape index (κ3) is 3.73. The molecule has 0 spiro atoms. The largest absolute Gasteiger partial charge is 0.468 e. The van der Waals surface area contributed by atoms with E-state index in [-0.39, 0.29) is 6.54 Å². The Balaban J connectivity index is 2.75. The summed E-state index contributed by atoms with van der Waals surface area (Å²) in [5, 5.41) is 6.18. The highest BCUT2D eigenvalue weighted by atomic mass is 19.4. The van der Waals surface area contributed by atoms with Gasteiger partial charge in [-0.3, -0.25) is 9.48 Å². The number of esters is 1. The van der Waals surface area contributed by atoms with Gasteiger partial charge in [-0.25, -0.2) is 0 Å². The Hall–Kier alpha value is -1.57. The fraction of sp³-hybridized carbons (Fsp3) is 0.600. The average Bonchev–Trinajstić information content (AvgIpc) is 2.75. The minimum absolute atomic E-state index is 0.0173. The molecule has 0 radical (unpaired) electrons. The number of halogens is 3. The van der Waals surface area contributed by atoms with Crippen LogP contribution in [-0.4, -0.2) is 35.4 Å². The topological polar surface area (TPSA) is 56.2 Å². The molecule has 0 aliphatic heterocycles. The maximum atomic E-state index is 12.3. The fourth-order valence-electron chi connectivity index (χ4n) is 1.41. The molecule has 1 N–H and O–H groups in total. The van der Waals surface area contributed by atoms with Crippen molar-refractivity contribution in [2.45, 2.75) is 25.7 Å². The number of nitrogens with zero attached hydrogens (tertiary/aromatic N) is 2. The van der Waals surface area contributed by atoms with Crippen LogP contribution in [0.25, 0.3) is 0 Å². The first-order chi connectivity index (χ1) is 8.38. The summed E-state index contributed by atoms with van der Waals surface area (Å²) in [5.74, 6) is -0.541. The lowest BCUT2D eigenvalue weighted by atomic mass is 10.3. The second kappa shape index (κ2) is 5.85. The van der Waals surface area contributed by atoms with Crippen molar-refractivity contribution in [1.82, 2.24) is 15.1 Å². The second-order valence-electron chi connectivity index (χ2n) is 3.55. The number of aromatic nitrogens is 2. The van der Waals surface area contributed by atoms with Crippen LogP contribution in [0.15, 0.2) is 12.3 Å². The van der Waals surface area contributed by atoms with Crippen LogP contribution in [0.2, 0.25) is 0 Å². The molecule has 1 rings (SSSR count). The Labute approximate surface area is 102 Å². The van der Waals surface area contributed by atoms with E-state index < -0.39 is 23.9 Å². The molecule has 18 heavy (non-hydrogen) atoms. The van der Waals surface area contributed by atoms with E-state index in [1.165, 1.54) is 13.3 Å². The van der Waals surface area contributed by atoms with Crippen molar-refractivity contribution in [3.63, 3.8) is 0 Å². The molecule has 1 atom stereocenters. The lowest BCUT2D eigenvalue weighted by Gasteiger charge is -2.15. The fourth-order valence-corrected chi connectivity index (χ4v) is 1.41. The molecule has 1 heterocycles. The number of rotatable bonds is 5. The highest BCUT2D eigenvalue weighted by molar-refractivity contribution is 5.75. The van der Waals surface area contributed by atoms with Gasteiger partial charge >= 0.3 is 12.1 Å². The van der Waals surface area contributed by atoms with E-state index in [1.54, 1.807) is 6.92 Å². The molecule has 0 fully saturated rings. The van der Waals surface area contributed by atoms with Crippen molar-refractivity contribution < 1.29 is 22.7 Å².